The fourth-order valence-electron chi connectivity index (χ4n) is 4.92. The topological polar surface area (TPSA) is 107 Å². The number of anilines is 1. The summed E-state index contributed by atoms with van der Waals surface area (Å²) in [5.41, 5.74) is 2.59. The lowest BCUT2D eigenvalue weighted by Gasteiger charge is -2.24. The maximum atomic E-state index is 13.7. The molecule has 2 heterocycles. The molecule has 0 spiro atoms. The number of carbonyl (C=O) groups is 2. The van der Waals surface area contributed by atoms with Crippen LogP contribution in [0, 0.1) is 0 Å². The van der Waals surface area contributed by atoms with Gasteiger partial charge in [0.25, 0.3) is 5.78 Å². The zero-order chi connectivity index (χ0) is 29.3. The number of Topliss-reactive ketones (excluding diaryl/α,β-unsaturated/α-hetero) is 1. The Balaban J connectivity index is 1.74. The highest BCUT2D eigenvalue weighted by atomic mass is 32.1. The van der Waals surface area contributed by atoms with Crippen LogP contribution >= 0.6 is 11.3 Å². The Bertz CT molecular complexity index is 1630. The molecule has 1 aromatic heterocycles. The van der Waals surface area contributed by atoms with Crippen molar-refractivity contribution in [2.75, 3.05) is 32.8 Å². The molecule has 1 atom stereocenters. The Labute approximate surface area is 241 Å². The molecule has 1 aliphatic rings. The SMILES string of the molecule is CCOc1ccc(/C(O)=C2\C(=O)C(=O)N(c3nc4ccc(CC)cc4s3)[C@@H]2c2cc(OC)c(OC)c(OC)c2)cc1. The maximum Gasteiger partial charge on any atom is 0.301 e. The number of ketones is 1. The lowest BCUT2D eigenvalue weighted by molar-refractivity contribution is -0.132. The van der Waals surface area contributed by atoms with Gasteiger partial charge in [-0.15, -0.1) is 0 Å². The molecule has 0 aliphatic carbocycles. The van der Waals surface area contributed by atoms with Gasteiger partial charge in [-0.3, -0.25) is 14.5 Å². The van der Waals surface area contributed by atoms with Crippen molar-refractivity contribution in [3.63, 3.8) is 0 Å². The van der Waals surface area contributed by atoms with Gasteiger partial charge in [0.2, 0.25) is 5.75 Å². The Morgan fingerprint density at radius 2 is 1.63 bits per heavy atom. The number of aliphatic hydroxyl groups excluding tert-OH is 1. The van der Waals surface area contributed by atoms with E-state index < -0.39 is 17.7 Å². The zero-order valence-electron chi connectivity index (χ0n) is 23.4. The predicted molar refractivity (Wildman–Crippen MR) is 157 cm³/mol. The van der Waals surface area contributed by atoms with Crippen molar-refractivity contribution in [3.8, 4) is 23.0 Å². The summed E-state index contributed by atoms with van der Waals surface area (Å²) in [5.74, 6) is -0.298. The number of amides is 1. The summed E-state index contributed by atoms with van der Waals surface area (Å²) >= 11 is 1.31. The van der Waals surface area contributed by atoms with Gasteiger partial charge in [0.1, 0.15) is 11.5 Å². The first-order valence-corrected chi connectivity index (χ1v) is 13.9. The van der Waals surface area contributed by atoms with Crippen molar-refractivity contribution < 1.29 is 33.6 Å². The third-order valence-electron chi connectivity index (χ3n) is 6.94. The summed E-state index contributed by atoms with van der Waals surface area (Å²) in [4.78, 5) is 33.4. The number of thiazole rings is 1. The van der Waals surface area contributed by atoms with E-state index in [2.05, 4.69) is 6.92 Å². The molecule has 0 bridgehead atoms. The van der Waals surface area contributed by atoms with Crippen LogP contribution in [-0.4, -0.2) is 49.7 Å². The average Bonchev–Trinajstić information content (AvgIpc) is 3.53. The predicted octanol–water partition coefficient (Wildman–Crippen LogP) is 5.91. The summed E-state index contributed by atoms with van der Waals surface area (Å²) < 4.78 is 23.0. The van der Waals surface area contributed by atoms with Gasteiger partial charge in [-0.05, 0) is 73.0 Å². The van der Waals surface area contributed by atoms with E-state index in [1.807, 2.05) is 25.1 Å². The van der Waals surface area contributed by atoms with E-state index in [0.29, 0.717) is 51.4 Å². The van der Waals surface area contributed by atoms with Crippen LogP contribution in [0.4, 0.5) is 5.13 Å². The number of aliphatic hydroxyl groups is 1. The summed E-state index contributed by atoms with van der Waals surface area (Å²) in [6.07, 6.45) is 0.848. The number of aryl methyl sites for hydroxylation is 1. The quantitative estimate of drug-likeness (QED) is 0.149. The van der Waals surface area contributed by atoms with E-state index in [-0.39, 0.29) is 11.3 Å². The Morgan fingerprint density at radius 3 is 2.22 bits per heavy atom. The van der Waals surface area contributed by atoms with Gasteiger partial charge < -0.3 is 24.1 Å². The van der Waals surface area contributed by atoms with Crippen LogP contribution in [0.5, 0.6) is 23.0 Å². The number of nitrogens with zero attached hydrogens (tertiary/aromatic N) is 2. The summed E-state index contributed by atoms with van der Waals surface area (Å²) in [6, 6.07) is 14.9. The molecule has 41 heavy (non-hydrogen) atoms. The van der Waals surface area contributed by atoms with Crippen molar-refractivity contribution >= 4 is 44.1 Å². The van der Waals surface area contributed by atoms with Gasteiger partial charge in [-0.2, -0.15) is 0 Å². The fraction of sp³-hybridized carbons (Fsp3) is 0.258. The first kappa shape index (κ1) is 28.0. The first-order chi connectivity index (χ1) is 19.8. The average molecular weight is 575 g/mol. The zero-order valence-corrected chi connectivity index (χ0v) is 24.2. The van der Waals surface area contributed by atoms with Gasteiger partial charge >= 0.3 is 5.91 Å². The lowest BCUT2D eigenvalue weighted by Crippen LogP contribution is -2.29. The highest BCUT2D eigenvalue weighted by Crippen LogP contribution is 2.48. The molecule has 3 aromatic carbocycles. The summed E-state index contributed by atoms with van der Waals surface area (Å²) in [6.45, 7) is 4.42. The highest BCUT2D eigenvalue weighted by Gasteiger charge is 2.48. The van der Waals surface area contributed by atoms with Crippen molar-refractivity contribution in [2.45, 2.75) is 26.3 Å². The number of methoxy groups -OCH3 is 3. The van der Waals surface area contributed by atoms with Gasteiger partial charge in [-0.25, -0.2) is 4.98 Å². The van der Waals surface area contributed by atoms with Crippen LogP contribution in [0.2, 0.25) is 0 Å². The smallest absolute Gasteiger partial charge is 0.301 e. The largest absolute Gasteiger partial charge is 0.507 e. The molecule has 1 saturated heterocycles. The van der Waals surface area contributed by atoms with Crippen LogP contribution in [0.3, 0.4) is 0 Å². The second-order valence-corrected chi connectivity index (χ2v) is 10.2. The van der Waals surface area contributed by atoms with Crippen LogP contribution in [0.15, 0.2) is 60.2 Å². The molecule has 212 valence electrons. The second-order valence-electron chi connectivity index (χ2n) is 9.24. The van der Waals surface area contributed by atoms with E-state index >= 15 is 0 Å². The lowest BCUT2D eigenvalue weighted by atomic mass is 9.94. The molecule has 1 aliphatic heterocycles. The standard InChI is InChI=1S/C31H30N2O7S/c1-6-17-8-13-21-24(14-17)41-31(32-21)33-26(19-15-22(37-3)29(39-5)23(16-19)38-4)25(28(35)30(33)36)27(34)18-9-11-20(12-10-18)40-7-2/h8-16,26,34H,6-7H2,1-5H3/b27-25+/t26-/m1/s1. The molecule has 9 nitrogen and oxygen atoms in total. The minimum absolute atomic E-state index is 0.0815. The molecule has 5 rings (SSSR count). The van der Waals surface area contributed by atoms with Gasteiger partial charge in [-0.1, -0.05) is 24.3 Å². The van der Waals surface area contributed by atoms with Gasteiger partial charge in [0.15, 0.2) is 16.6 Å². The Hall–Kier alpha value is -4.57. The number of hydrogen-bond acceptors (Lipinski definition) is 9. The number of ether oxygens (including phenoxy) is 4. The van der Waals surface area contributed by atoms with E-state index in [9.17, 15) is 14.7 Å². The van der Waals surface area contributed by atoms with Crippen molar-refractivity contribution in [1.82, 2.24) is 4.98 Å². The van der Waals surface area contributed by atoms with Crippen LogP contribution in [0.25, 0.3) is 16.0 Å². The van der Waals surface area contributed by atoms with Crippen LogP contribution in [0.1, 0.15) is 36.6 Å². The van der Waals surface area contributed by atoms with Crippen LogP contribution in [-0.2, 0) is 16.0 Å². The molecule has 0 saturated carbocycles. The summed E-state index contributed by atoms with van der Waals surface area (Å²) in [5, 5.41) is 11.9. The summed E-state index contributed by atoms with van der Waals surface area (Å²) in [7, 11) is 4.46. The van der Waals surface area contributed by atoms with E-state index in [1.165, 1.54) is 37.6 Å². The molecule has 1 N–H and O–H groups in total. The second kappa shape index (κ2) is 11.5. The van der Waals surface area contributed by atoms with Crippen molar-refractivity contribution in [2.24, 2.45) is 0 Å². The molecule has 0 unspecified atom stereocenters. The first-order valence-electron chi connectivity index (χ1n) is 13.1. The minimum Gasteiger partial charge on any atom is -0.507 e. The third-order valence-corrected chi connectivity index (χ3v) is 7.96. The number of benzene rings is 3. The van der Waals surface area contributed by atoms with Gasteiger partial charge in [0.05, 0.1) is 49.8 Å². The van der Waals surface area contributed by atoms with E-state index in [0.717, 1.165) is 16.7 Å². The fourth-order valence-corrected chi connectivity index (χ4v) is 5.97. The number of aromatic nitrogens is 1. The van der Waals surface area contributed by atoms with E-state index in [4.69, 9.17) is 23.9 Å². The molecular weight excluding hydrogens is 544 g/mol. The van der Waals surface area contributed by atoms with Gasteiger partial charge in [0, 0.05) is 5.56 Å². The molecule has 1 amide bonds. The molecular formula is C31H30N2O7S. The van der Waals surface area contributed by atoms with Crippen LogP contribution < -0.4 is 23.8 Å². The normalized spacial score (nSPS) is 16.3. The number of hydrogen-bond donors (Lipinski definition) is 1. The number of rotatable bonds is 9. The Morgan fingerprint density at radius 1 is 0.951 bits per heavy atom. The van der Waals surface area contributed by atoms with Crippen molar-refractivity contribution in [3.05, 3.63) is 76.9 Å². The number of carbonyl (C=O) groups excluding carboxylic acids is 2. The minimum atomic E-state index is -1.03. The molecule has 10 heteroatoms. The van der Waals surface area contributed by atoms with E-state index in [1.54, 1.807) is 36.4 Å². The third kappa shape index (κ3) is 4.95. The highest BCUT2D eigenvalue weighted by molar-refractivity contribution is 7.22. The maximum absolute atomic E-state index is 13.7. The molecule has 1 fully saturated rings. The monoisotopic (exact) mass is 574 g/mol. The Kier molecular flexibility index (Phi) is 7.85. The number of fused-ring (bicyclic) bond motifs is 1. The molecule has 0 radical (unpaired) electrons. The van der Waals surface area contributed by atoms with Crippen molar-refractivity contribution in [1.29, 1.82) is 0 Å². The molecule has 4 aromatic rings.